The van der Waals surface area contributed by atoms with Gasteiger partial charge in [0.25, 0.3) is 0 Å². The van der Waals surface area contributed by atoms with Crippen molar-refractivity contribution >= 4 is 0 Å². The number of rotatable bonds is 3. The Hall–Kier alpha value is -0.830. The van der Waals surface area contributed by atoms with Gasteiger partial charge in [0.2, 0.25) is 0 Å². The Bertz CT molecular complexity index is 338. The van der Waals surface area contributed by atoms with Crippen LogP contribution >= 0.6 is 0 Å². The van der Waals surface area contributed by atoms with Gasteiger partial charge in [-0.15, -0.1) is 0 Å². The molecule has 1 aromatic heterocycles. The predicted octanol–water partition coefficient (Wildman–Crippen LogP) is 2.65. The van der Waals surface area contributed by atoms with Gasteiger partial charge in [0.1, 0.15) is 5.76 Å². The second-order valence-corrected chi connectivity index (χ2v) is 5.18. The van der Waals surface area contributed by atoms with E-state index in [-0.39, 0.29) is 0 Å². The van der Waals surface area contributed by atoms with Gasteiger partial charge in [-0.1, -0.05) is 13.8 Å². The Morgan fingerprint density at radius 2 is 2.06 bits per heavy atom. The molecule has 1 N–H and O–H groups in total. The van der Waals surface area contributed by atoms with Gasteiger partial charge in [-0.3, -0.25) is 0 Å². The number of aryl methyl sites for hydroxylation is 1. The Morgan fingerprint density at radius 1 is 1.38 bits per heavy atom. The molecule has 16 heavy (non-hydrogen) atoms. The van der Waals surface area contributed by atoms with E-state index in [1.807, 2.05) is 6.92 Å². The van der Waals surface area contributed by atoms with Crippen LogP contribution in [-0.2, 0) is 6.42 Å². The molecule has 1 saturated heterocycles. The average molecular weight is 222 g/mol. The van der Waals surface area contributed by atoms with Crippen molar-refractivity contribution < 1.29 is 4.42 Å². The minimum Gasteiger partial charge on any atom is -0.445 e. The summed E-state index contributed by atoms with van der Waals surface area (Å²) in [5.74, 6) is 3.16. The fraction of sp³-hybridized carbons (Fsp3) is 0.769. The molecule has 0 bridgehead atoms. The molecule has 1 aliphatic rings. The van der Waals surface area contributed by atoms with E-state index in [0.717, 1.165) is 49.7 Å². The van der Waals surface area contributed by atoms with Crippen molar-refractivity contribution in [1.29, 1.82) is 0 Å². The molecule has 2 rings (SSSR count). The van der Waals surface area contributed by atoms with Crippen LogP contribution in [-0.4, -0.2) is 18.1 Å². The zero-order valence-electron chi connectivity index (χ0n) is 10.5. The molecule has 3 nitrogen and oxygen atoms in total. The van der Waals surface area contributed by atoms with Crippen molar-refractivity contribution in [2.75, 3.05) is 13.1 Å². The van der Waals surface area contributed by atoms with E-state index in [2.05, 4.69) is 24.1 Å². The van der Waals surface area contributed by atoms with Gasteiger partial charge >= 0.3 is 0 Å². The maximum absolute atomic E-state index is 5.82. The maximum Gasteiger partial charge on any atom is 0.197 e. The second kappa shape index (κ2) is 5.00. The van der Waals surface area contributed by atoms with Crippen LogP contribution in [0.25, 0.3) is 0 Å². The largest absolute Gasteiger partial charge is 0.445 e. The lowest BCUT2D eigenvalue weighted by Crippen LogP contribution is -2.26. The summed E-state index contributed by atoms with van der Waals surface area (Å²) in [5, 5.41) is 3.37. The average Bonchev–Trinajstić information content (AvgIpc) is 2.61. The molecular weight excluding hydrogens is 200 g/mol. The van der Waals surface area contributed by atoms with Crippen LogP contribution in [0.2, 0.25) is 0 Å². The minimum atomic E-state index is 0.529. The van der Waals surface area contributed by atoms with Crippen molar-refractivity contribution in [2.24, 2.45) is 5.92 Å². The molecule has 0 radical (unpaired) electrons. The van der Waals surface area contributed by atoms with E-state index < -0.39 is 0 Å². The van der Waals surface area contributed by atoms with Crippen molar-refractivity contribution in [2.45, 2.75) is 46.0 Å². The smallest absolute Gasteiger partial charge is 0.197 e. The highest BCUT2D eigenvalue weighted by atomic mass is 16.4. The highest BCUT2D eigenvalue weighted by Crippen LogP contribution is 2.26. The van der Waals surface area contributed by atoms with Gasteiger partial charge in [-0.2, -0.15) is 0 Å². The quantitative estimate of drug-likeness (QED) is 0.854. The summed E-state index contributed by atoms with van der Waals surface area (Å²) in [4.78, 5) is 4.68. The highest BCUT2D eigenvalue weighted by molar-refractivity contribution is 5.11. The molecule has 3 heteroatoms. The molecule has 2 heterocycles. The molecule has 0 saturated carbocycles. The normalized spacial score (nSPS) is 18.2. The SMILES string of the molecule is Cc1oc(C2CCNCC2)nc1CC(C)C. The number of aromatic nitrogens is 1. The van der Waals surface area contributed by atoms with E-state index in [0.29, 0.717) is 11.8 Å². The maximum atomic E-state index is 5.82. The van der Waals surface area contributed by atoms with Gasteiger partial charge in [-0.05, 0) is 45.2 Å². The lowest BCUT2D eigenvalue weighted by atomic mass is 9.98. The fourth-order valence-electron chi connectivity index (χ4n) is 2.27. The monoisotopic (exact) mass is 222 g/mol. The molecule has 0 atom stereocenters. The number of nitrogens with one attached hydrogen (secondary N) is 1. The standard InChI is InChI=1S/C13H22N2O/c1-9(2)8-12-10(3)16-13(15-12)11-4-6-14-7-5-11/h9,11,14H,4-8H2,1-3H3. The van der Waals surface area contributed by atoms with E-state index in [1.54, 1.807) is 0 Å². The van der Waals surface area contributed by atoms with Crippen LogP contribution in [0.4, 0.5) is 0 Å². The minimum absolute atomic E-state index is 0.529. The summed E-state index contributed by atoms with van der Waals surface area (Å²) < 4.78 is 5.82. The summed E-state index contributed by atoms with van der Waals surface area (Å²) in [5.41, 5.74) is 1.16. The van der Waals surface area contributed by atoms with Gasteiger partial charge in [0.15, 0.2) is 5.89 Å². The van der Waals surface area contributed by atoms with Crippen LogP contribution in [0.15, 0.2) is 4.42 Å². The van der Waals surface area contributed by atoms with Crippen molar-refractivity contribution in [3.8, 4) is 0 Å². The molecular formula is C13H22N2O. The number of hydrogen-bond donors (Lipinski definition) is 1. The molecule has 1 aliphatic heterocycles. The Balaban J connectivity index is 2.09. The van der Waals surface area contributed by atoms with Crippen LogP contribution in [0.1, 0.15) is 50.0 Å². The van der Waals surface area contributed by atoms with Gasteiger partial charge in [0.05, 0.1) is 5.69 Å². The topological polar surface area (TPSA) is 38.1 Å². The van der Waals surface area contributed by atoms with Crippen LogP contribution < -0.4 is 5.32 Å². The van der Waals surface area contributed by atoms with E-state index in [1.165, 1.54) is 0 Å². The molecule has 0 amide bonds. The predicted molar refractivity (Wildman–Crippen MR) is 64.6 cm³/mol. The zero-order chi connectivity index (χ0) is 11.5. The molecule has 0 unspecified atom stereocenters. The first-order chi connectivity index (χ1) is 7.66. The molecule has 0 spiro atoms. The molecule has 90 valence electrons. The molecule has 1 fully saturated rings. The lowest BCUT2D eigenvalue weighted by Gasteiger charge is -2.19. The summed E-state index contributed by atoms with van der Waals surface area (Å²) in [7, 11) is 0. The highest BCUT2D eigenvalue weighted by Gasteiger charge is 2.21. The third-order valence-corrected chi connectivity index (χ3v) is 3.20. The fourth-order valence-corrected chi connectivity index (χ4v) is 2.27. The Morgan fingerprint density at radius 3 is 2.69 bits per heavy atom. The molecule has 0 aliphatic carbocycles. The van der Waals surface area contributed by atoms with Gasteiger partial charge < -0.3 is 9.73 Å². The number of hydrogen-bond acceptors (Lipinski definition) is 3. The van der Waals surface area contributed by atoms with Crippen LogP contribution in [0, 0.1) is 12.8 Å². The van der Waals surface area contributed by atoms with Crippen molar-refractivity contribution in [3.63, 3.8) is 0 Å². The summed E-state index contributed by atoms with van der Waals surface area (Å²) in [6, 6.07) is 0. The van der Waals surface area contributed by atoms with E-state index in [9.17, 15) is 0 Å². The second-order valence-electron chi connectivity index (χ2n) is 5.18. The lowest BCUT2D eigenvalue weighted by molar-refractivity contribution is 0.366. The third-order valence-electron chi connectivity index (χ3n) is 3.20. The summed E-state index contributed by atoms with van der Waals surface area (Å²) >= 11 is 0. The summed E-state index contributed by atoms with van der Waals surface area (Å²) in [6.45, 7) is 8.66. The van der Waals surface area contributed by atoms with E-state index >= 15 is 0 Å². The van der Waals surface area contributed by atoms with Crippen LogP contribution in [0.5, 0.6) is 0 Å². The van der Waals surface area contributed by atoms with Crippen LogP contribution in [0.3, 0.4) is 0 Å². The Kier molecular flexibility index (Phi) is 3.64. The first kappa shape index (κ1) is 11.6. The number of piperidine rings is 1. The van der Waals surface area contributed by atoms with Crippen molar-refractivity contribution in [3.05, 3.63) is 17.3 Å². The van der Waals surface area contributed by atoms with Gasteiger partial charge in [-0.25, -0.2) is 4.98 Å². The number of nitrogens with zero attached hydrogens (tertiary/aromatic N) is 1. The number of oxazole rings is 1. The summed E-state index contributed by atoms with van der Waals surface area (Å²) in [6.07, 6.45) is 3.34. The first-order valence-electron chi connectivity index (χ1n) is 6.33. The zero-order valence-corrected chi connectivity index (χ0v) is 10.5. The first-order valence-corrected chi connectivity index (χ1v) is 6.33. The van der Waals surface area contributed by atoms with Crippen molar-refractivity contribution in [1.82, 2.24) is 10.3 Å². The van der Waals surface area contributed by atoms with Gasteiger partial charge in [0, 0.05) is 5.92 Å². The molecule has 0 aromatic carbocycles. The third kappa shape index (κ3) is 2.64. The Labute approximate surface area is 97.6 Å². The van der Waals surface area contributed by atoms with E-state index in [4.69, 9.17) is 4.42 Å². The molecule has 1 aromatic rings.